The van der Waals surface area contributed by atoms with Crippen LogP contribution in [-0.2, 0) is 4.79 Å². The first-order valence-corrected chi connectivity index (χ1v) is 7.25. The zero-order chi connectivity index (χ0) is 13.9. The summed E-state index contributed by atoms with van der Waals surface area (Å²) >= 11 is 6.17. The highest BCUT2D eigenvalue weighted by Gasteiger charge is 2.22. The van der Waals surface area contributed by atoms with E-state index < -0.39 is 0 Å². The standard InChI is InChI=1S/C14H17ClN2O3.ClH/c15-9-7-12-13(20-6-5-19-12)8-11(9)17-14(18)10-3-1-2-4-16-10;/h7-8,10,16H,1-6H2,(H,17,18);1H/t10-;/m1./s1. The van der Waals surface area contributed by atoms with Gasteiger partial charge in [0.25, 0.3) is 0 Å². The Morgan fingerprint density at radius 1 is 1.24 bits per heavy atom. The Hall–Kier alpha value is -1.17. The normalized spacial score (nSPS) is 20.3. The van der Waals surface area contributed by atoms with Crippen LogP contribution in [0.2, 0.25) is 5.02 Å². The molecule has 1 aromatic carbocycles. The van der Waals surface area contributed by atoms with Crippen LogP contribution in [0.5, 0.6) is 11.5 Å². The molecule has 3 rings (SSSR count). The van der Waals surface area contributed by atoms with E-state index in [-0.39, 0.29) is 24.4 Å². The average Bonchev–Trinajstić information content (AvgIpc) is 2.49. The quantitative estimate of drug-likeness (QED) is 0.873. The predicted octanol–water partition coefficient (Wildman–Crippen LogP) is 2.61. The molecule has 1 amide bonds. The lowest BCUT2D eigenvalue weighted by Crippen LogP contribution is -2.43. The SMILES string of the molecule is Cl.O=C(Nc1cc2c(cc1Cl)OCCO2)[C@H]1CCCCN1. The van der Waals surface area contributed by atoms with Gasteiger partial charge in [-0.1, -0.05) is 18.0 Å². The minimum atomic E-state index is -0.145. The molecule has 2 heterocycles. The number of amides is 1. The molecule has 0 aromatic heterocycles. The third kappa shape index (κ3) is 3.73. The van der Waals surface area contributed by atoms with Crippen molar-refractivity contribution in [1.29, 1.82) is 0 Å². The highest BCUT2D eigenvalue weighted by Crippen LogP contribution is 2.38. The van der Waals surface area contributed by atoms with Crippen molar-refractivity contribution >= 4 is 35.6 Å². The fourth-order valence-corrected chi connectivity index (χ4v) is 2.66. The Balaban J connectivity index is 0.00000161. The Bertz CT molecular complexity index is 519. The molecule has 1 fully saturated rings. The lowest BCUT2D eigenvalue weighted by Gasteiger charge is -2.24. The van der Waals surface area contributed by atoms with E-state index in [9.17, 15) is 4.79 Å². The van der Waals surface area contributed by atoms with Crippen molar-refractivity contribution in [3.8, 4) is 11.5 Å². The van der Waals surface area contributed by atoms with Crippen LogP contribution in [0.3, 0.4) is 0 Å². The topological polar surface area (TPSA) is 59.6 Å². The predicted molar refractivity (Wildman–Crippen MR) is 84.0 cm³/mol. The molecule has 2 N–H and O–H groups in total. The van der Waals surface area contributed by atoms with Crippen molar-refractivity contribution in [2.45, 2.75) is 25.3 Å². The molecule has 7 heteroatoms. The minimum Gasteiger partial charge on any atom is -0.486 e. The van der Waals surface area contributed by atoms with Gasteiger partial charge in [0.2, 0.25) is 5.91 Å². The summed E-state index contributed by atoms with van der Waals surface area (Å²) in [6.07, 6.45) is 3.04. The first-order valence-electron chi connectivity index (χ1n) is 6.87. The number of ether oxygens (including phenoxy) is 2. The van der Waals surface area contributed by atoms with E-state index >= 15 is 0 Å². The molecule has 1 saturated heterocycles. The van der Waals surface area contributed by atoms with Crippen LogP contribution in [0.25, 0.3) is 0 Å². The Morgan fingerprint density at radius 3 is 2.62 bits per heavy atom. The summed E-state index contributed by atoms with van der Waals surface area (Å²) in [7, 11) is 0. The largest absolute Gasteiger partial charge is 0.486 e. The van der Waals surface area contributed by atoms with Crippen molar-refractivity contribution in [3.05, 3.63) is 17.2 Å². The van der Waals surface area contributed by atoms with Gasteiger partial charge in [0, 0.05) is 12.1 Å². The molecule has 1 aromatic rings. The van der Waals surface area contributed by atoms with Gasteiger partial charge in [0.05, 0.1) is 16.8 Å². The third-order valence-electron chi connectivity index (χ3n) is 3.52. The molecule has 0 unspecified atom stereocenters. The van der Waals surface area contributed by atoms with Crippen LogP contribution in [0.4, 0.5) is 5.69 Å². The van der Waals surface area contributed by atoms with Crippen LogP contribution >= 0.6 is 24.0 Å². The van der Waals surface area contributed by atoms with Crippen molar-refractivity contribution in [2.24, 2.45) is 0 Å². The zero-order valence-electron chi connectivity index (χ0n) is 11.5. The second-order valence-corrected chi connectivity index (χ2v) is 5.37. The number of hydrogen-bond acceptors (Lipinski definition) is 4. The monoisotopic (exact) mass is 332 g/mol. The molecule has 0 aliphatic carbocycles. The molecule has 0 bridgehead atoms. The van der Waals surface area contributed by atoms with Crippen molar-refractivity contribution < 1.29 is 14.3 Å². The number of nitrogens with one attached hydrogen (secondary N) is 2. The van der Waals surface area contributed by atoms with Crippen LogP contribution in [0.1, 0.15) is 19.3 Å². The number of piperidine rings is 1. The Kier molecular flexibility index (Phi) is 5.56. The Morgan fingerprint density at radius 2 is 1.95 bits per heavy atom. The van der Waals surface area contributed by atoms with Gasteiger partial charge in [-0.3, -0.25) is 4.79 Å². The average molecular weight is 333 g/mol. The van der Waals surface area contributed by atoms with Gasteiger partial charge in [0.15, 0.2) is 11.5 Å². The molecule has 2 aliphatic heterocycles. The first-order chi connectivity index (χ1) is 9.74. The van der Waals surface area contributed by atoms with Gasteiger partial charge in [-0.05, 0) is 19.4 Å². The second kappa shape index (κ2) is 7.20. The number of carbonyl (C=O) groups is 1. The third-order valence-corrected chi connectivity index (χ3v) is 3.83. The summed E-state index contributed by atoms with van der Waals surface area (Å²) in [5.41, 5.74) is 0.563. The fourth-order valence-electron chi connectivity index (χ4n) is 2.46. The lowest BCUT2D eigenvalue weighted by molar-refractivity contribution is -0.118. The molecule has 1 atom stereocenters. The van der Waals surface area contributed by atoms with E-state index in [0.29, 0.717) is 35.4 Å². The molecule has 0 radical (unpaired) electrons. The summed E-state index contributed by atoms with van der Waals surface area (Å²) in [5.74, 6) is 1.19. The van der Waals surface area contributed by atoms with Crippen LogP contribution < -0.4 is 20.1 Å². The van der Waals surface area contributed by atoms with E-state index in [1.54, 1.807) is 12.1 Å². The number of anilines is 1. The number of rotatable bonds is 2. The summed E-state index contributed by atoms with van der Waals surface area (Å²) in [6.45, 7) is 1.90. The molecule has 21 heavy (non-hydrogen) atoms. The van der Waals surface area contributed by atoms with E-state index in [4.69, 9.17) is 21.1 Å². The molecule has 0 saturated carbocycles. The highest BCUT2D eigenvalue weighted by atomic mass is 35.5. The lowest BCUT2D eigenvalue weighted by atomic mass is 10.0. The van der Waals surface area contributed by atoms with Crippen LogP contribution in [0, 0.1) is 0 Å². The molecular weight excluding hydrogens is 315 g/mol. The van der Waals surface area contributed by atoms with E-state index in [1.807, 2.05) is 0 Å². The molecule has 116 valence electrons. The number of halogens is 2. The van der Waals surface area contributed by atoms with Crippen LogP contribution in [-0.4, -0.2) is 31.7 Å². The van der Waals surface area contributed by atoms with E-state index in [2.05, 4.69) is 10.6 Å². The number of hydrogen-bond donors (Lipinski definition) is 2. The maximum atomic E-state index is 12.2. The second-order valence-electron chi connectivity index (χ2n) is 4.97. The van der Waals surface area contributed by atoms with Crippen LogP contribution in [0.15, 0.2) is 12.1 Å². The molecule has 2 aliphatic rings. The smallest absolute Gasteiger partial charge is 0.241 e. The number of carbonyl (C=O) groups excluding carboxylic acids is 1. The van der Waals surface area contributed by atoms with Gasteiger partial charge < -0.3 is 20.1 Å². The maximum Gasteiger partial charge on any atom is 0.241 e. The summed E-state index contributed by atoms with van der Waals surface area (Å²) in [6, 6.07) is 3.25. The molecule has 5 nitrogen and oxygen atoms in total. The van der Waals surface area contributed by atoms with Gasteiger partial charge in [0.1, 0.15) is 13.2 Å². The van der Waals surface area contributed by atoms with Gasteiger partial charge in [-0.25, -0.2) is 0 Å². The number of benzene rings is 1. The Labute approximate surface area is 134 Å². The highest BCUT2D eigenvalue weighted by molar-refractivity contribution is 6.34. The van der Waals surface area contributed by atoms with Crippen molar-refractivity contribution in [2.75, 3.05) is 25.1 Å². The molecule has 0 spiro atoms. The summed E-state index contributed by atoms with van der Waals surface area (Å²) < 4.78 is 10.9. The van der Waals surface area contributed by atoms with E-state index in [0.717, 1.165) is 25.8 Å². The summed E-state index contributed by atoms with van der Waals surface area (Å²) in [4.78, 5) is 12.2. The number of fused-ring (bicyclic) bond motifs is 1. The fraction of sp³-hybridized carbons (Fsp3) is 0.500. The van der Waals surface area contributed by atoms with Gasteiger partial charge >= 0.3 is 0 Å². The molecular formula is C14H18Cl2N2O3. The van der Waals surface area contributed by atoms with Crippen molar-refractivity contribution in [1.82, 2.24) is 5.32 Å². The minimum absolute atomic E-state index is 0. The zero-order valence-corrected chi connectivity index (χ0v) is 13.1. The van der Waals surface area contributed by atoms with Crippen molar-refractivity contribution in [3.63, 3.8) is 0 Å². The van der Waals surface area contributed by atoms with Gasteiger partial charge in [-0.15, -0.1) is 12.4 Å². The van der Waals surface area contributed by atoms with E-state index in [1.165, 1.54) is 0 Å². The maximum absolute atomic E-state index is 12.2. The summed E-state index contributed by atoms with van der Waals surface area (Å²) in [5, 5.41) is 6.53. The first kappa shape index (κ1) is 16.2. The van der Waals surface area contributed by atoms with Gasteiger partial charge in [-0.2, -0.15) is 0 Å².